The zero-order valence-electron chi connectivity index (χ0n) is 11.1. The van der Waals surface area contributed by atoms with Gasteiger partial charge in [0, 0.05) is 24.6 Å². The fourth-order valence-corrected chi connectivity index (χ4v) is 1.96. The Bertz CT molecular complexity index is 629. The van der Waals surface area contributed by atoms with E-state index in [1.54, 1.807) is 6.07 Å². The Morgan fingerprint density at radius 2 is 2.38 bits per heavy atom. The third kappa shape index (κ3) is 2.50. The maximum absolute atomic E-state index is 11.2. The summed E-state index contributed by atoms with van der Waals surface area (Å²) in [7, 11) is 1.32. The van der Waals surface area contributed by atoms with Gasteiger partial charge in [-0.1, -0.05) is 5.16 Å². The van der Waals surface area contributed by atoms with Crippen molar-refractivity contribution in [1.29, 1.82) is 0 Å². The maximum atomic E-state index is 11.2. The number of aliphatic carboxylic acids is 1. The molecule has 1 heterocycles. The standard InChI is InChI=1S/C12H13N3O6/c1-20-10-3-2-7(4-9(10)15(18)19)8-5-12(6-13,11(16)17)21-14-8/h2-4H,5-6,13H2,1H3,(H,16,17). The minimum Gasteiger partial charge on any atom is -0.490 e. The van der Waals surface area contributed by atoms with E-state index >= 15 is 0 Å². The highest BCUT2D eigenvalue weighted by Crippen LogP contribution is 2.31. The molecular weight excluding hydrogens is 282 g/mol. The van der Waals surface area contributed by atoms with Crippen LogP contribution in [-0.4, -0.2) is 41.0 Å². The number of ether oxygens (including phenoxy) is 1. The van der Waals surface area contributed by atoms with Crippen LogP contribution in [0.3, 0.4) is 0 Å². The summed E-state index contributed by atoms with van der Waals surface area (Å²) in [5.74, 6) is -1.13. The molecule has 0 radical (unpaired) electrons. The SMILES string of the molecule is COc1ccc(C2=NOC(CN)(C(=O)O)C2)cc1[N+](=O)[O-]. The van der Waals surface area contributed by atoms with Crippen LogP contribution in [0.1, 0.15) is 12.0 Å². The first-order valence-corrected chi connectivity index (χ1v) is 5.95. The van der Waals surface area contributed by atoms with Gasteiger partial charge in [-0.05, 0) is 12.1 Å². The highest BCUT2D eigenvalue weighted by Gasteiger charge is 2.46. The third-order valence-corrected chi connectivity index (χ3v) is 3.21. The fourth-order valence-electron chi connectivity index (χ4n) is 1.96. The minimum atomic E-state index is -1.62. The van der Waals surface area contributed by atoms with Crippen molar-refractivity contribution in [1.82, 2.24) is 0 Å². The van der Waals surface area contributed by atoms with Gasteiger partial charge in [0.05, 0.1) is 17.7 Å². The van der Waals surface area contributed by atoms with E-state index in [0.29, 0.717) is 5.56 Å². The van der Waals surface area contributed by atoms with Gasteiger partial charge in [0.1, 0.15) is 0 Å². The van der Waals surface area contributed by atoms with Crippen molar-refractivity contribution in [3.8, 4) is 5.75 Å². The number of nitrogens with two attached hydrogens (primary N) is 1. The van der Waals surface area contributed by atoms with E-state index in [4.69, 9.17) is 20.4 Å². The van der Waals surface area contributed by atoms with E-state index in [-0.39, 0.29) is 30.1 Å². The molecule has 9 nitrogen and oxygen atoms in total. The number of carboxylic acid groups (broad SMARTS) is 1. The molecule has 2 rings (SSSR count). The molecule has 1 aliphatic rings. The van der Waals surface area contributed by atoms with Crippen LogP contribution in [0.5, 0.6) is 5.75 Å². The topological polar surface area (TPSA) is 137 Å². The van der Waals surface area contributed by atoms with Gasteiger partial charge in [0.2, 0.25) is 0 Å². The van der Waals surface area contributed by atoms with Crippen LogP contribution < -0.4 is 10.5 Å². The van der Waals surface area contributed by atoms with Crippen LogP contribution in [0.4, 0.5) is 5.69 Å². The lowest BCUT2D eigenvalue weighted by atomic mass is 9.94. The minimum absolute atomic E-state index is 0.0671. The van der Waals surface area contributed by atoms with Crippen LogP contribution in [0.25, 0.3) is 0 Å². The number of hydrogen-bond donors (Lipinski definition) is 2. The Morgan fingerprint density at radius 1 is 1.67 bits per heavy atom. The normalized spacial score (nSPS) is 20.6. The van der Waals surface area contributed by atoms with E-state index in [9.17, 15) is 14.9 Å². The van der Waals surface area contributed by atoms with E-state index < -0.39 is 16.5 Å². The van der Waals surface area contributed by atoms with E-state index in [2.05, 4.69) is 5.16 Å². The summed E-state index contributed by atoms with van der Waals surface area (Å²) in [6.07, 6.45) is -0.0671. The molecule has 1 aliphatic heterocycles. The molecule has 112 valence electrons. The maximum Gasteiger partial charge on any atom is 0.352 e. The molecule has 0 spiro atoms. The second kappa shape index (κ2) is 5.37. The average molecular weight is 295 g/mol. The third-order valence-electron chi connectivity index (χ3n) is 3.21. The fraction of sp³-hybridized carbons (Fsp3) is 0.333. The summed E-state index contributed by atoms with van der Waals surface area (Å²) >= 11 is 0. The number of rotatable bonds is 5. The number of nitrogens with zero attached hydrogens (tertiary/aromatic N) is 2. The zero-order valence-corrected chi connectivity index (χ0v) is 11.1. The molecule has 3 N–H and O–H groups in total. The largest absolute Gasteiger partial charge is 0.490 e. The molecule has 1 aromatic carbocycles. The van der Waals surface area contributed by atoms with Crippen molar-refractivity contribution in [3.05, 3.63) is 33.9 Å². The van der Waals surface area contributed by atoms with Gasteiger partial charge >= 0.3 is 11.7 Å². The molecule has 9 heteroatoms. The lowest BCUT2D eigenvalue weighted by Crippen LogP contribution is -2.45. The average Bonchev–Trinajstić information content (AvgIpc) is 2.92. The molecule has 0 saturated carbocycles. The highest BCUT2D eigenvalue weighted by atomic mass is 16.7. The monoisotopic (exact) mass is 295 g/mol. The van der Waals surface area contributed by atoms with Crippen LogP contribution in [-0.2, 0) is 9.63 Å². The van der Waals surface area contributed by atoms with Crippen molar-refractivity contribution in [2.45, 2.75) is 12.0 Å². The number of hydrogen-bond acceptors (Lipinski definition) is 7. The van der Waals surface area contributed by atoms with Gasteiger partial charge in [0.15, 0.2) is 5.75 Å². The predicted octanol–water partition coefficient (Wildman–Crippen LogP) is 0.510. The second-order valence-corrected chi connectivity index (χ2v) is 4.45. The van der Waals surface area contributed by atoms with Crippen LogP contribution in [0, 0.1) is 10.1 Å². The molecule has 0 aliphatic carbocycles. The van der Waals surface area contributed by atoms with Crippen molar-refractivity contribution in [2.24, 2.45) is 10.9 Å². The zero-order chi connectivity index (χ0) is 15.6. The Morgan fingerprint density at radius 3 is 2.86 bits per heavy atom. The Balaban J connectivity index is 2.35. The van der Waals surface area contributed by atoms with Gasteiger partial charge in [0.25, 0.3) is 5.60 Å². The first-order valence-electron chi connectivity index (χ1n) is 5.95. The van der Waals surface area contributed by atoms with E-state index in [1.807, 2.05) is 0 Å². The van der Waals surface area contributed by atoms with Crippen LogP contribution >= 0.6 is 0 Å². The molecule has 0 bridgehead atoms. The number of nitro benzene ring substituents is 1. The molecule has 1 aromatic rings. The molecule has 0 aromatic heterocycles. The molecular formula is C12H13N3O6. The number of oxime groups is 1. The summed E-state index contributed by atoms with van der Waals surface area (Å²) in [5, 5.41) is 23.8. The van der Waals surface area contributed by atoms with Crippen LogP contribution in [0.2, 0.25) is 0 Å². The predicted molar refractivity (Wildman–Crippen MR) is 71.3 cm³/mol. The van der Waals surface area contributed by atoms with E-state index in [0.717, 1.165) is 0 Å². The Kier molecular flexibility index (Phi) is 3.76. The van der Waals surface area contributed by atoms with Crippen molar-refractivity contribution in [3.63, 3.8) is 0 Å². The smallest absolute Gasteiger partial charge is 0.352 e. The number of carbonyl (C=O) groups is 1. The molecule has 0 amide bonds. The van der Waals surface area contributed by atoms with Gasteiger partial charge in [-0.3, -0.25) is 10.1 Å². The quantitative estimate of drug-likeness (QED) is 0.596. The molecule has 0 saturated heterocycles. The molecule has 21 heavy (non-hydrogen) atoms. The number of benzene rings is 1. The number of carboxylic acids is 1. The summed E-state index contributed by atoms with van der Waals surface area (Å²) in [6.45, 7) is -0.256. The lowest BCUT2D eigenvalue weighted by molar-refractivity contribution is -0.385. The summed E-state index contributed by atoms with van der Waals surface area (Å²) in [5.41, 5.74) is 4.24. The Hall–Kier alpha value is -2.68. The van der Waals surface area contributed by atoms with E-state index in [1.165, 1.54) is 19.2 Å². The summed E-state index contributed by atoms with van der Waals surface area (Å²) in [6, 6.07) is 4.22. The second-order valence-electron chi connectivity index (χ2n) is 4.45. The van der Waals surface area contributed by atoms with Crippen molar-refractivity contribution in [2.75, 3.05) is 13.7 Å². The highest BCUT2D eigenvalue weighted by molar-refractivity contribution is 6.05. The number of nitro groups is 1. The lowest BCUT2D eigenvalue weighted by Gasteiger charge is -2.18. The molecule has 1 unspecified atom stereocenters. The number of methoxy groups -OCH3 is 1. The molecule has 0 fully saturated rings. The van der Waals surface area contributed by atoms with Crippen molar-refractivity contribution >= 4 is 17.4 Å². The first kappa shape index (κ1) is 14.7. The Labute approximate surface area is 119 Å². The van der Waals surface area contributed by atoms with Gasteiger partial charge in [-0.25, -0.2) is 4.79 Å². The first-order chi connectivity index (χ1) is 9.93. The summed E-state index contributed by atoms with van der Waals surface area (Å²) in [4.78, 5) is 26.5. The van der Waals surface area contributed by atoms with Gasteiger partial charge in [-0.15, -0.1) is 0 Å². The van der Waals surface area contributed by atoms with Gasteiger partial charge < -0.3 is 20.4 Å². The van der Waals surface area contributed by atoms with Crippen LogP contribution in [0.15, 0.2) is 23.4 Å². The molecule has 1 atom stereocenters. The van der Waals surface area contributed by atoms with Gasteiger partial charge in [-0.2, -0.15) is 0 Å². The summed E-state index contributed by atoms with van der Waals surface area (Å²) < 4.78 is 4.90. The van der Waals surface area contributed by atoms with Crippen molar-refractivity contribution < 1.29 is 24.4 Å².